The summed E-state index contributed by atoms with van der Waals surface area (Å²) < 4.78 is 0. The van der Waals surface area contributed by atoms with Crippen molar-refractivity contribution in [1.82, 2.24) is 5.43 Å². The molecule has 1 saturated carbocycles. The van der Waals surface area contributed by atoms with E-state index in [1.807, 2.05) is 0 Å². The summed E-state index contributed by atoms with van der Waals surface area (Å²) in [6.45, 7) is 4.54. The molecule has 120 valence electrons. The highest BCUT2D eigenvalue weighted by molar-refractivity contribution is 5.95. The average molecular weight is 313 g/mol. The summed E-state index contributed by atoms with van der Waals surface area (Å²) in [6, 6.07) is 5.60. The summed E-state index contributed by atoms with van der Waals surface area (Å²) in [5.74, 6) is 0.802. The standard InChI is InChI=1S/C17H19N3O3/c1-17(2)13-7-6-12(15(17)9-13)10-18-19-16(21)11-4-3-5-14(8-11)20(22)23/h3-6,8,10,13,15H,7,9H2,1-2H3,(H,19,21). The molecule has 2 atom stereocenters. The van der Waals surface area contributed by atoms with Crippen LogP contribution in [0, 0.1) is 27.4 Å². The number of benzene rings is 1. The Bertz CT molecular complexity index is 722. The molecule has 23 heavy (non-hydrogen) atoms. The second-order valence-corrected chi connectivity index (χ2v) is 6.75. The van der Waals surface area contributed by atoms with E-state index in [1.54, 1.807) is 6.21 Å². The van der Waals surface area contributed by atoms with Gasteiger partial charge in [-0.3, -0.25) is 14.9 Å². The second kappa shape index (κ2) is 5.61. The van der Waals surface area contributed by atoms with Crippen molar-refractivity contribution in [3.8, 4) is 0 Å². The molecular formula is C17H19N3O3. The average Bonchev–Trinajstić information content (AvgIpc) is 2.54. The Morgan fingerprint density at radius 3 is 2.91 bits per heavy atom. The zero-order valence-electron chi connectivity index (χ0n) is 13.2. The minimum atomic E-state index is -0.526. The lowest BCUT2D eigenvalue weighted by Gasteiger charge is -2.55. The Morgan fingerprint density at radius 2 is 2.26 bits per heavy atom. The van der Waals surface area contributed by atoms with Gasteiger partial charge >= 0.3 is 0 Å². The number of hydrogen-bond acceptors (Lipinski definition) is 4. The first-order chi connectivity index (χ1) is 10.9. The van der Waals surface area contributed by atoms with E-state index >= 15 is 0 Å². The van der Waals surface area contributed by atoms with Gasteiger partial charge in [0.25, 0.3) is 11.6 Å². The van der Waals surface area contributed by atoms with Gasteiger partial charge in [0.15, 0.2) is 0 Å². The first-order valence-corrected chi connectivity index (χ1v) is 7.67. The Kier molecular flexibility index (Phi) is 3.75. The summed E-state index contributed by atoms with van der Waals surface area (Å²) in [7, 11) is 0. The SMILES string of the molecule is CC1(C)C2CC=C(C=NNC(=O)c3cccc([N+](=O)[O-])c3)C1C2. The normalized spacial score (nSPS) is 24.7. The van der Waals surface area contributed by atoms with Gasteiger partial charge in [-0.25, -0.2) is 5.43 Å². The van der Waals surface area contributed by atoms with Crippen LogP contribution in [0.2, 0.25) is 0 Å². The van der Waals surface area contributed by atoms with E-state index in [0.717, 1.165) is 17.9 Å². The van der Waals surface area contributed by atoms with Crippen LogP contribution in [0.5, 0.6) is 0 Å². The first-order valence-electron chi connectivity index (χ1n) is 7.67. The number of amides is 1. The molecule has 6 nitrogen and oxygen atoms in total. The molecule has 3 aliphatic carbocycles. The van der Waals surface area contributed by atoms with Crippen LogP contribution in [0.3, 0.4) is 0 Å². The monoisotopic (exact) mass is 313 g/mol. The van der Waals surface area contributed by atoms with Crippen molar-refractivity contribution < 1.29 is 9.72 Å². The molecule has 4 rings (SSSR count). The molecule has 6 heteroatoms. The van der Waals surface area contributed by atoms with Crippen molar-refractivity contribution >= 4 is 17.8 Å². The maximum Gasteiger partial charge on any atom is 0.271 e. The number of fused-ring (bicyclic) bond motifs is 1. The number of nitrogens with one attached hydrogen (secondary N) is 1. The Labute approximate surface area is 134 Å². The van der Waals surface area contributed by atoms with Crippen molar-refractivity contribution in [1.29, 1.82) is 0 Å². The number of carbonyl (C=O) groups is 1. The zero-order valence-corrected chi connectivity index (χ0v) is 13.2. The third-order valence-electron chi connectivity index (χ3n) is 5.21. The number of rotatable bonds is 4. The molecule has 1 amide bonds. The summed E-state index contributed by atoms with van der Waals surface area (Å²) >= 11 is 0. The van der Waals surface area contributed by atoms with Crippen LogP contribution in [0.15, 0.2) is 41.0 Å². The Balaban J connectivity index is 1.64. The Morgan fingerprint density at radius 1 is 1.48 bits per heavy atom. The topological polar surface area (TPSA) is 84.6 Å². The van der Waals surface area contributed by atoms with Crippen LogP contribution in [0.25, 0.3) is 0 Å². The molecule has 0 spiro atoms. The van der Waals surface area contributed by atoms with E-state index in [9.17, 15) is 14.9 Å². The van der Waals surface area contributed by atoms with Crippen molar-refractivity contribution in [3.05, 3.63) is 51.6 Å². The fourth-order valence-corrected chi connectivity index (χ4v) is 3.54. The van der Waals surface area contributed by atoms with Gasteiger partial charge in [-0.2, -0.15) is 5.10 Å². The van der Waals surface area contributed by atoms with Gasteiger partial charge in [0.1, 0.15) is 0 Å². The summed E-state index contributed by atoms with van der Waals surface area (Å²) in [6.07, 6.45) is 6.14. The summed E-state index contributed by atoms with van der Waals surface area (Å²) in [5, 5.41) is 14.8. The lowest BCUT2D eigenvalue weighted by molar-refractivity contribution is -0.384. The molecule has 0 radical (unpaired) electrons. The second-order valence-electron chi connectivity index (χ2n) is 6.75. The van der Waals surface area contributed by atoms with Gasteiger partial charge in [-0.15, -0.1) is 0 Å². The molecule has 2 bridgehead atoms. The third kappa shape index (κ3) is 2.76. The van der Waals surface area contributed by atoms with Crippen LogP contribution in [0.4, 0.5) is 5.69 Å². The minimum absolute atomic E-state index is 0.112. The fourth-order valence-electron chi connectivity index (χ4n) is 3.54. The lowest BCUT2D eigenvalue weighted by Crippen LogP contribution is -2.48. The maximum absolute atomic E-state index is 12.0. The number of hydrogen-bond donors (Lipinski definition) is 1. The highest BCUT2D eigenvalue weighted by Crippen LogP contribution is 2.58. The van der Waals surface area contributed by atoms with E-state index in [-0.39, 0.29) is 11.3 Å². The molecule has 1 aromatic carbocycles. The van der Waals surface area contributed by atoms with Crippen LogP contribution in [-0.2, 0) is 0 Å². The number of nitrogens with zero attached hydrogens (tertiary/aromatic N) is 2. The van der Waals surface area contributed by atoms with Crippen molar-refractivity contribution in [3.63, 3.8) is 0 Å². The number of nitro benzene ring substituents is 1. The van der Waals surface area contributed by atoms with E-state index < -0.39 is 10.8 Å². The van der Waals surface area contributed by atoms with E-state index in [0.29, 0.717) is 11.3 Å². The van der Waals surface area contributed by atoms with Crippen molar-refractivity contribution in [2.24, 2.45) is 22.4 Å². The lowest BCUT2D eigenvalue weighted by atomic mass is 9.49. The fraction of sp³-hybridized carbons (Fsp3) is 0.412. The third-order valence-corrected chi connectivity index (χ3v) is 5.21. The minimum Gasteiger partial charge on any atom is -0.267 e. The Hall–Kier alpha value is -2.50. The number of allylic oxidation sites excluding steroid dienone is 2. The van der Waals surface area contributed by atoms with Crippen LogP contribution in [0.1, 0.15) is 37.0 Å². The van der Waals surface area contributed by atoms with Gasteiger partial charge < -0.3 is 0 Å². The zero-order chi connectivity index (χ0) is 16.6. The smallest absolute Gasteiger partial charge is 0.267 e. The van der Waals surface area contributed by atoms with E-state index in [1.165, 1.54) is 30.7 Å². The molecule has 2 unspecified atom stereocenters. The largest absolute Gasteiger partial charge is 0.271 e. The maximum atomic E-state index is 12.0. The predicted molar refractivity (Wildman–Crippen MR) is 87.1 cm³/mol. The van der Waals surface area contributed by atoms with Gasteiger partial charge in [-0.05, 0) is 41.7 Å². The molecule has 1 aromatic rings. The highest BCUT2D eigenvalue weighted by atomic mass is 16.6. The van der Waals surface area contributed by atoms with Gasteiger partial charge in [0.2, 0.25) is 0 Å². The number of hydrazone groups is 1. The number of non-ortho nitro benzene ring substituents is 1. The van der Waals surface area contributed by atoms with Gasteiger partial charge in [0, 0.05) is 17.7 Å². The number of nitro groups is 1. The van der Waals surface area contributed by atoms with Crippen LogP contribution < -0.4 is 5.43 Å². The summed E-state index contributed by atoms with van der Waals surface area (Å²) in [4.78, 5) is 22.2. The highest BCUT2D eigenvalue weighted by Gasteiger charge is 2.50. The van der Waals surface area contributed by atoms with E-state index in [2.05, 4.69) is 30.5 Å². The van der Waals surface area contributed by atoms with Gasteiger partial charge in [-0.1, -0.05) is 26.0 Å². The first kappa shape index (κ1) is 15.4. The quantitative estimate of drug-likeness (QED) is 0.526. The molecule has 0 heterocycles. The predicted octanol–water partition coefficient (Wildman–Crippen LogP) is 3.30. The van der Waals surface area contributed by atoms with Gasteiger partial charge in [0.05, 0.1) is 11.1 Å². The molecule has 0 aromatic heterocycles. The molecule has 1 fully saturated rings. The van der Waals surface area contributed by atoms with Crippen molar-refractivity contribution in [2.75, 3.05) is 0 Å². The molecule has 3 aliphatic rings. The van der Waals surface area contributed by atoms with Crippen LogP contribution >= 0.6 is 0 Å². The van der Waals surface area contributed by atoms with Crippen molar-refractivity contribution in [2.45, 2.75) is 26.7 Å². The molecule has 1 N–H and O–H groups in total. The van der Waals surface area contributed by atoms with Crippen LogP contribution in [-0.4, -0.2) is 17.0 Å². The molecule has 0 aliphatic heterocycles. The van der Waals surface area contributed by atoms with E-state index in [4.69, 9.17) is 0 Å². The number of carbonyl (C=O) groups excluding carboxylic acids is 1. The molecular weight excluding hydrogens is 294 g/mol. The molecule has 0 saturated heterocycles. The summed E-state index contributed by atoms with van der Waals surface area (Å²) in [5.41, 5.74) is 4.02.